The topological polar surface area (TPSA) is 105 Å². The second-order valence-corrected chi connectivity index (χ2v) is 7.55. The standard InChI is InChI=1S/C21H22F2N6O2/c1-12-25-20(29(28-12)15-3-2-8-24-11-15)13-4-7-19(30)18(9-13)27-21(31)26-14-5-6-16(22)17(23)10-14/h2-3,5-6,8,10-11,13,18-19,30H,4,7,9H2,1H3,(H2,26,27,31)/t13-,18+,19+/m0/s1. The smallest absolute Gasteiger partial charge is 0.319 e. The molecule has 3 aromatic rings. The number of carbonyl (C=O) groups is 1. The molecule has 162 valence electrons. The number of anilines is 1. The summed E-state index contributed by atoms with van der Waals surface area (Å²) in [5.41, 5.74) is 0.898. The first-order valence-electron chi connectivity index (χ1n) is 9.95. The Bertz CT molecular complexity index is 1070. The van der Waals surface area contributed by atoms with Gasteiger partial charge in [0.05, 0.1) is 24.0 Å². The molecule has 0 spiro atoms. The van der Waals surface area contributed by atoms with E-state index in [-0.39, 0.29) is 11.6 Å². The lowest BCUT2D eigenvalue weighted by atomic mass is 9.83. The lowest BCUT2D eigenvalue weighted by molar-refractivity contribution is 0.0864. The first-order valence-corrected chi connectivity index (χ1v) is 9.95. The molecule has 0 saturated heterocycles. The fraction of sp³-hybridized carbons (Fsp3) is 0.333. The van der Waals surface area contributed by atoms with E-state index in [1.807, 2.05) is 12.1 Å². The highest BCUT2D eigenvalue weighted by Crippen LogP contribution is 2.33. The fourth-order valence-electron chi connectivity index (χ4n) is 3.82. The number of rotatable bonds is 4. The van der Waals surface area contributed by atoms with Crippen molar-refractivity contribution in [2.75, 3.05) is 5.32 Å². The van der Waals surface area contributed by atoms with Gasteiger partial charge < -0.3 is 15.7 Å². The van der Waals surface area contributed by atoms with Crippen molar-refractivity contribution >= 4 is 11.7 Å². The van der Waals surface area contributed by atoms with Gasteiger partial charge in [-0.25, -0.2) is 23.2 Å². The third-order valence-electron chi connectivity index (χ3n) is 5.30. The average molecular weight is 428 g/mol. The van der Waals surface area contributed by atoms with Crippen LogP contribution in [0.5, 0.6) is 0 Å². The Morgan fingerprint density at radius 1 is 1.23 bits per heavy atom. The summed E-state index contributed by atoms with van der Waals surface area (Å²) in [4.78, 5) is 21.1. The van der Waals surface area contributed by atoms with Crippen LogP contribution in [0.25, 0.3) is 5.69 Å². The molecule has 3 N–H and O–H groups in total. The summed E-state index contributed by atoms with van der Waals surface area (Å²) in [5, 5.41) is 20.1. The number of nitrogens with zero attached hydrogens (tertiary/aromatic N) is 4. The third kappa shape index (κ3) is 4.69. The van der Waals surface area contributed by atoms with Crippen molar-refractivity contribution in [1.29, 1.82) is 0 Å². The lowest BCUT2D eigenvalue weighted by Gasteiger charge is -2.33. The third-order valence-corrected chi connectivity index (χ3v) is 5.30. The van der Waals surface area contributed by atoms with Crippen LogP contribution in [-0.4, -0.2) is 43.0 Å². The number of aliphatic hydroxyl groups excluding tert-OH is 1. The summed E-state index contributed by atoms with van der Waals surface area (Å²) in [7, 11) is 0. The van der Waals surface area contributed by atoms with Crippen LogP contribution in [0.3, 0.4) is 0 Å². The molecule has 1 fully saturated rings. The van der Waals surface area contributed by atoms with Crippen molar-refractivity contribution in [2.24, 2.45) is 0 Å². The largest absolute Gasteiger partial charge is 0.391 e. The van der Waals surface area contributed by atoms with E-state index in [0.29, 0.717) is 25.1 Å². The highest BCUT2D eigenvalue weighted by molar-refractivity contribution is 5.89. The summed E-state index contributed by atoms with van der Waals surface area (Å²) in [6, 6.07) is 5.64. The first kappa shape index (κ1) is 20.9. The van der Waals surface area contributed by atoms with E-state index in [9.17, 15) is 18.7 Å². The zero-order chi connectivity index (χ0) is 22.0. The van der Waals surface area contributed by atoms with Crippen molar-refractivity contribution in [2.45, 2.75) is 44.2 Å². The zero-order valence-corrected chi connectivity index (χ0v) is 16.8. The van der Waals surface area contributed by atoms with Crippen LogP contribution in [-0.2, 0) is 0 Å². The molecule has 2 aromatic heterocycles. The van der Waals surface area contributed by atoms with Gasteiger partial charge in [-0.3, -0.25) is 4.98 Å². The molecule has 2 amide bonds. The summed E-state index contributed by atoms with van der Waals surface area (Å²) >= 11 is 0. The van der Waals surface area contributed by atoms with Crippen LogP contribution in [0.15, 0.2) is 42.7 Å². The number of aliphatic hydroxyl groups is 1. The van der Waals surface area contributed by atoms with Crippen molar-refractivity contribution in [3.63, 3.8) is 0 Å². The van der Waals surface area contributed by atoms with Crippen LogP contribution in [0.4, 0.5) is 19.3 Å². The Labute approximate surface area is 177 Å². The number of nitrogens with one attached hydrogen (secondary N) is 2. The molecule has 8 nitrogen and oxygen atoms in total. The average Bonchev–Trinajstić information content (AvgIpc) is 3.15. The minimum absolute atomic E-state index is 0.0432. The van der Waals surface area contributed by atoms with Gasteiger partial charge in [0.15, 0.2) is 11.6 Å². The number of carbonyl (C=O) groups excluding carboxylic acids is 1. The van der Waals surface area contributed by atoms with Crippen molar-refractivity contribution < 1.29 is 18.7 Å². The van der Waals surface area contributed by atoms with Gasteiger partial charge >= 0.3 is 6.03 Å². The van der Waals surface area contributed by atoms with Gasteiger partial charge in [-0.05, 0) is 50.5 Å². The van der Waals surface area contributed by atoms with E-state index in [1.165, 1.54) is 6.07 Å². The summed E-state index contributed by atoms with van der Waals surface area (Å²) in [6.07, 6.45) is 4.24. The van der Waals surface area contributed by atoms with Crippen LogP contribution in [0.1, 0.15) is 36.8 Å². The van der Waals surface area contributed by atoms with Crippen molar-refractivity contribution in [3.8, 4) is 5.69 Å². The highest BCUT2D eigenvalue weighted by Gasteiger charge is 2.34. The Kier molecular flexibility index (Phi) is 5.90. The molecule has 0 radical (unpaired) electrons. The predicted octanol–water partition coefficient (Wildman–Crippen LogP) is 3.07. The molecule has 1 aliphatic carbocycles. The van der Waals surface area contributed by atoms with Gasteiger partial charge in [-0.2, -0.15) is 5.10 Å². The van der Waals surface area contributed by atoms with E-state index >= 15 is 0 Å². The number of hydrogen-bond donors (Lipinski definition) is 3. The number of pyridine rings is 1. The molecule has 1 saturated carbocycles. The first-order chi connectivity index (χ1) is 14.9. The van der Waals surface area contributed by atoms with Gasteiger partial charge in [0.1, 0.15) is 11.6 Å². The molecule has 1 aliphatic rings. The van der Waals surface area contributed by atoms with Gasteiger partial charge in [-0.1, -0.05) is 0 Å². The summed E-state index contributed by atoms with van der Waals surface area (Å²) in [6.45, 7) is 1.80. The molecule has 4 rings (SSSR count). The Balaban J connectivity index is 1.47. The van der Waals surface area contributed by atoms with Gasteiger partial charge in [0, 0.05) is 23.9 Å². The zero-order valence-electron chi connectivity index (χ0n) is 16.8. The van der Waals surface area contributed by atoms with Gasteiger partial charge in [-0.15, -0.1) is 0 Å². The van der Waals surface area contributed by atoms with Crippen molar-refractivity contribution in [1.82, 2.24) is 25.1 Å². The molecule has 31 heavy (non-hydrogen) atoms. The molecule has 10 heteroatoms. The van der Waals surface area contributed by atoms with E-state index in [2.05, 4.69) is 25.7 Å². The quantitative estimate of drug-likeness (QED) is 0.592. The Morgan fingerprint density at radius 2 is 2.06 bits per heavy atom. The minimum Gasteiger partial charge on any atom is -0.391 e. The maximum Gasteiger partial charge on any atom is 0.319 e. The summed E-state index contributed by atoms with van der Waals surface area (Å²) < 4.78 is 28.2. The van der Waals surface area contributed by atoms with Crippen LogP contribution >= 0.6 is 0 Å². The fourth-order valence-corrected chi connectivity index (χ4v) is 3.82. The van der Waals surface area contributed by atoms with E-state index in [1.54, 1.807) is 24.0 Å². The lowest BCUT2D eigenvalue weighted by Crippen LogP contribution is -2.48. The monoisotopic (exact) mass is 428 g/mol. The number of aromatic nitrogens is 4. The Morgan fingerprint density at radius 3 is 2.81 bits per heavy atom. The molecule has 1 aromatic carbocycles. The SMILES string of the molecule is Cc1nc([C@H]2CC[C@@H](O)[C@H](NC(=O)Nc3ccc(F)c(F)c3)C2)n(-c2cccnc2)n1. The molecule has 0 aliphatic heterocycles. The summed E-state index contributed by atoms with van der Waals surface area (Å²) in [5.74, 6) is -0.737. The van der Waals surface area contributed by atoms with Gasteiger partial charge in [0.2, 0.25) is 0 Å². The van der Waals surface area contributed by atoms with Crippen LogP contribution in [0, 0.1) is 18.6 Å². The number of halogens is 2. The number of benzene rings is 1. The predicted molar refractivity (Wildman–Crippen MR) is 109 cm³/mol. The molecular formula is C21H22F2N6O2. The van der Waals surface area contributed by atoms with E-state index in [0.717, 1.165) is 23.6 Å². The molecule has 0 unspecified atom stereocenters. The van der Waals surface area contributed by atoms with Gasteiger partial charge in [0.25, 0.3) is 0 Å². The molecular weight excluding hydrogens is 406 g/mol. The number of urea groups is 1. The molecule has 0 bridgehead atoms. The minimum atomic E-state index is -1.05. The molecule has 2 heterocycles. The van der Waals surface area contributed by atoms with E-state index < -0.39 is 29.8 Å². The van der Waals surface area contributed by atoms with Crippen LogP contribution < -0.4 is 10.6 Å². The second-order valence-electron chi connectivity index (χ2n) is 7.55. The van der Waals surface area contributed by atoms with E-state index in [4.69, 9.17) is 0 Å². The number of aryl methyl sites for hydroxylation is 1. The maximum atomic E-state index is 13.4. The number of hydrogen-bond acceptors (Lipinski definition) is 5. The second kappa shape index (κ2) is 8.76. The highest BCUT2D eigenvalue weighted by atomic mass is 19.2. The van der Waals surface area contributed by atoms with Crippen LogP contribution in [0.2, 0.25) is 0 Å². The Hall–Kier alpha value is -3.40. The van der Waals surface area contributed by atoms with Crippen molar-refractivity contribution in [3.05, 3.63) is 66.0 Å². The number of amides is 2. The molecule has 3 atom stereocenters. The maximum absolute atomic E-state index is 13.4. The normalized spacial score (nSPS) is 21.0.